The zero-order valence-electron chi connectivity index (χ0n) is 11.8. The molecule has 0 atom stereocenters. The van der Waals surface area contributed by atoms with Gasteiger partial charge >= 0.3 is 0 Å². The normalized spacial score (nSPS) is 15.8. The number of nitrogens with one attached hydrogen (secondary N) is 2. The van der Waals surface area contributed by atoms with Crippen LogP contribution in [-0.2, 0) is 11.3 Å². The summed E-state index contributed by atoms with van der Waals surface area (Å²) in [4.78, 5) is 16.1. The van der Waals surface area contributed by atoms with Gasteiger partial charge in [0.05, 0.1) is 5.69 Å². The van der Waals surface area contributed by atoms with E-state index in [1.54, 1.807) is 11.0 Å². The molecule has 21 heavy (non-hydrogen) atoms. The van der Waals surface area contributed by atoms with Gasteiger partial charge in [0.2, 0.25) is 5.91 Å². The van der Waals surface area contributed by atoms with Crippen molar-refractivity contribution in [3.63, 3.8) is 0 Å². The number of hydrogen-bond acceptors (Lipinski definition) is 4. The van der Waals surface area contributed by atoms with E-state index in [1.165, 1.54) is 6.33 Å². The van der Waals surface area contributed by atoms with Crippen LogP contribution in [0.4, 0.5) is 0 Å². The number of carbonyl (C=O) groups is 1. The largest absolute Gasteiger partial charge is 0.352 e. The monoisotopic (exact) mass is 285 g/mol. The van der Waals surface area contributed by atoms with Crippen LogP contribution in [0.15, 0.2) is 36.9 Å². The van der Waals surface area contributed by atoms with Crippen LogP contribution in [0.1, 0.15) is 18.4 Å². The van der Waals surface area contributed by atoms with Gasteiger partial charge in [-0.05, 0) is 43.6 Å². The molecular weight excluding hydrogens is 266 g/mol. The molecule has 2 aromatic rings. The highest BCUT2D eigenvalue weighted by atomic mass is 16.1. The van der Waals surface area contributed by atoms with E-state index in [0.717, 1.165) is 37.2 Å². The van der Waals surface area contributed by atoms with Gasteiger partial charge in [0.25, 0.3) is 0 Å². The molecule has 1 saturated heterocycles. The number of rotatable bonds is 4. The Balaban J connectivity index is 1.60. The first-order chi connectivity index (χ1) is 10.3. The fourth-order valence-electron chi connectivity index (χ4n) is 2.57. The number of carbonyl (C=O) groups excluding carboxylic acids is 1. The van der Waals surface area contributed by atoms with Crippen molar-refractivity contribution in [3.05, 3.63) is 42.5 Å². The van der Waals surface area contributed by atoms with Crippen LogP contribution in [-0.4, -0.2) is 33.8 Å². The van der Waals surface area contributed by atoms with Crippen LogP contribution in [0, 0.1) is 5.92 Å². The first-order valence-corrected chi connectivity index (χ1v) is 7.25. The van der Waals surface area contributed by atoms with E-state index >= 15 is 0 Å². The molecule has 1 amide bonds. The molecule has 2 N–H and O–H groups in total. The number of nitrogens with zero attached hydrogens (tertiary/aromatic N) is 3. The van der Waals surface area contributed by atoms with E-state index in [9.17, 15) is 4.79 Å². The number of piperidine rings is 1. The van der Waals surface area contributed by atoms with Crippen LogP contribution in [0.2, 0.25) is 0 Å². The van der Waals surface area contributed by atoms with Gasteiger partial charge in [0.1, 0.15) is 12.7 Å². The Morgan fingerprint density at radius 2 is 2.24 bits per heavy atom. The quantitative estimate of drug-likeness (QED) is 0.875. The van der Waals surface area contributed by atoms with Gasteiger partial charge < -0.3 is 10.6 Å². The van der Waals surface area contributed by atoms with Crippen molar-refractivity contribution < 1.29 is 4.79 Å². The standard InChI is InChI=1S/C15H19N5O/c21-15(13-4-6-16-7-5-13)18-9-12-2-1-3-14(8-12)20-11-17-10-19-20/h1-3,8,10-11,13,16H,4-7,9H2,(H,18,21). The minimum Gasteiger partial charge on any atom is -0.352 e. The average Bonchev–Trinajstić information content (AvgIpc) is 3.08. The topological polar surface area (TPSA) is 71.8 Å². The minimum absolute atomic E-state index is 0.143. The highest BCUT2D eigenvalue weighted by molar-refractivity contribution is 5.78. The molecular formula is C15H19N5O. The second-order valence-electron chi connectivity index (χ2n) is 5.25. The Hall–Kier alpha value is -2.21. The summed E-state index contributed by atoms with van der Waals surface area (Å²) in [5.41, 5.74) is 2.01. The summed E-state index contributed by atoms with van der Waals surface area (Å²) in [5.74, 6) is 0.299. The van der Waals surface area contributed by atoms with E-state index in [1.807, 2.05) is 24.3 Å². The van der Waals surface area contributed by atoms with E-state index in [0.29, 0.717) is 6.54 Å². The van der Waals surface area contributed by atoms with Crippen LogP contribution < -0.4 is 10.6 Å². The van der Waals surface area contributed by atoms with Crippen molar-refractivity contribution in [2.45, 2.75) is 19.4 Å². The smallest absolute Gasteiger partial charge is 0.223 e. The van der Waals surface area contributed by atoms with Crippen LogP contribution in [0.5, 0.6) is 0 Å². The number of benzene rings is 1. The number of hydrogen-bond donors (Lipinski definition) is 2. The van der Waals surface area contributed by atoms with Gasteiger partial charge in [-0.2, -0.15) is 5.10 Å². The molecule has 1 aliphatic rings. The average molecular weight is 285 g/mol. The minimum atomic E-state index is 0.143. The first kappa shape index (κ1) is 13.8. The first-order valence-electron chi connectivity index (χ1n) is 7.25. The van der Waals surface area contributed by atoms with Crippen LogP contribution >= 0.6 is 0 Å². The second-order valence-corrected chi connectivity index (χ2v) is 5.25. The molecule has 110 valence electrons. The van der Waals surface area contributed by atoms with Crippen molar-refractivity contribution in [1.82, 2.24) is 25.4 Å². The molecule has 1 aromatic heterocycles. The zero-order valence-corrected chi connectivity index (χ0v) is 11.8. The highest BCUT2D eigenvalue weighted by Crippen LogP contribution is 2.13. The summed E-state index contributed by atoms with van der Waals surface area (Å²) < 4.78 is 1.71. The summed E-state index contributed by atoms with van der Waals surface area (Å²) in [5, 5.41) is 10.4. The van der Waals surface area contributed by atoms with Crippen LogP contribution in [0.25, 0.3) is 5.69 Å². The summed E-state index contributed by atoms with van der Waals surface area (Å²) in [6.07, 6.45) is 5.01. The van der Waals surface area contributed by atoms with E-state index in [4.69, 9.17) is 0 Å². The van der Waals surface area contributed by atoms with Crippen molar-refractivity contribution >= 4 is 5.91 Å². The summed E-state index contributed by atoms with van der Waals surface area (Å²) >= 11 is 0. The third-order valence-corrected chi connectivity index (χ3v) is 3.77. The zero-order chi connectivity index (χ0) is 14.5. The molecule has 2 heterocycles. The predicted octanol–water partition coefficient (Wildman–Crippen LogP) is 0.883. The lowest BCUT2D eigenvalue weighted by atomic mass is 9.97. The summed E-state index contributed by atoms with van der Waals surface area (Å²) in [6, 6.07) is 7.94. The lowest BCUT2D eigenvalue weighted by Gasteiger charge is -2.21. The van der Waals surface area contributed by atoms with Gasteiger partial charge in [-0.1, -0.05) is 12.1 Å². The second kappa shape index (κ2) is 6.49. The van der Waals surface area contributed by atoms with Crippen molar-refractivity contribution in [2.24, 2.45) is 5.92 Å². The van der Waals surface area contributed by atoms with Gasteiger partial charge in [-0.3, -0.25) is 4.79 Å². The SMILES string of the molecule is O=C(NCc1cccc(-n2cncn2)c1)C1CCNCC1. The molecule has 0 spiro atoms. The van der Waals surface area contributed by atoms with Crippen molar-refractivity contribution in [2.75, 3.05) is 13.1 Å². The maximum atomic E-state index is 12.1. The Morgan fingerprint density at radius 3 is 3.00 bits per heavy atom. The van der Waals surface area contributed by atoms with Crippen molar-refractivity contribution in [3.8, 4) is 5.69 Å². The summed E-state index contributed by atoms with van der Waals surface area (Å²) in [7, 11) is 0. The molecule has 0 unspecified atom stereocenters. The predicted molar refractivity (Wildman–Crippen MR) is 78.8 cm³/mol. The Kier molecular flexibility index (Phi) is 4.25. The lowest BCUT2D eigenvalue weighted by Crippen LogP contribution is -2.37. The maximum absolute atomic E-state index is 12.1. The molecule has 1 fully saturated rings. The molecule has 0 bridgehead atoms. The van der Waals surface area contributed by atoms with Gasteiger partial charge in [-0.15, -0.1) is 0 Å². The Morgan fingerprint density at radius 1 is 1.38 bits per heavy atom. The highest BCUT2D eigenvalue weighted by Gasteiger charge is 2.20. The Labute approximate surface area is 123 Å². The maximum Gasteiger partial charge on any atom is 0.223 e. The number of amides is 1. The third-order valence-electron chi connectivity index (χ3n) is 3.77. The number of aromatic nitrogens is 3. The molecule has 6 nitrogen and oxygen atoms in total. The molecule has 3 rings (SSSR count). The van der Waals surface area contributed by atoms with Crippen LogP contribution in [0.3, 0.4) is 0 Å². The summed E-state index contributed by atoms with van der Waals surface area (Å²) in [6.45, 7) is 2.41. The fourth-order valence-corrected chi connectivity index (χ4v) is 2.57. The lowest BCUT2D eigenvalue weighted by molar-refractivity contribution is -0.125. The fraction of sp³-hybridized carbons (Fsp3) is 0.400. The van der Waals surface area contributed by atoms with Crippen molar-refractivity contribution in [1.29, 1.82) is 0 Å². The molecule has 1 aromatic carbocycles. The third kappa shape index (κ3) is 3.46. The Bertz CT molecular complexity index is 590. The van der Waals surface area contributed by atoms with E-state index in [2.05, 4.69) is 20.7 Å². The molecule has 0 saturated carbocycles. The molecule has 0 radical (unpaired) electrons. The molecule has 0 aliphatic carbocycles. The molecule has 1 aliphatic heterocycles. The van der Waals surface area contributed by atoms with E-state index in [-0.39, 0.29) is 11.8 Å². The van der Waals surface area contributed by atoms with E-state index < -0.39 is 0 Å². The van der Waals surface area contributed by atoms with Gasteiger partial charge in [0.15, 0.2) is 0 Å². The van der Waals surface area contributed by atoms with Gasteiger partial charge in [-0.25, -0.2) is 9.67 Å². The van der Waals surface area contributed by atoms with Gasteiger partial charge in [0, 0.05) is 12.5 Å². The molecule has 6 heteroatoms.